The molecule has 130 valence electrons. The van der Waals surface area contributed by atoms with E-state index >= 15 is 0 Å². The Morgan fingerprint density at radius 1 is 1.50 bits per heavy atom. The fourth-order valence-electron chi connectivity index (χ4n) is 2.77. The predicted octanol–water partition coefficient (Wildman–Crippen LogP) is 1.21. The third-order valence-electron chi connectivity index (χ3n) is 4.16. The second kappa shape index (κ2) is 5.84. The lowest BCUT2D eigenvalue weighted by molar-refractivity contribution is -0.141. The zero-order chi connectivity index (χ0) is 17.5. The third kappa shape index (κ3) is 3.08. The number of fused-ring (bicyclic) bond motifs is 1. The molecular formula is C14H17F3N6O. The second-order valence-electron chi connectivity index (χ2n) is 5.87. The molecule has 1 aliphatic heterocycles. The van der Waals surface area contributed by atoms with Gasteiger partial charge < -0.3 is 15.6 Å². The molecule has 1 aliphatic rings. The van der Waals surface area contributed by atoms with Crippen LogP contribution in [0.4, 0.5) is 19.0 Å². The van der Waals surface area contributed by atoms with Crippen LogP contribution in [-0.2, 0) is 26.2 Å². The molecule has 2 aromatic rings. The Hall–Kier alpha value is -2.52. The number of carbonyl (C=O) groups excluding carboxylic acids is 1. The van der Waals surface area contributed by atoms with Crippen LogP contribution in [0, 0.1) is 5.92 Å². The first-order chi connectivity index (χ1) is 11.3. The molecule has 0 bridgehead atoms. The lowest BCUT2D eigenvalue weighted by Gasteiger charge is -2.23. The minimum Gasteiger partial charge on any atom is -0.383 e. The normalized spacial score (nSPS) is 17.6. The maximum atomic E-state index is 12.7. The summed E-state index contributed by atoms with van der Waals surface area (Å²) in [4.78, 5) is 15.7. The average molecular weight is 342 g/mol. The Bertz CT molecular complexity index is 763. The molecule has 3 N–H and O–H groups in total. The maximum absolute atomic E-state index is 12.7. The number of carbonyl (C=O) groups is 1. The van der Waals surface area contributed by atoms with Gasteiger partial charge in [0.2, 0.25) is 0 Å². The standard InChI is InChI=1S/C14H17F3N6O/c1-22-12(18)9(5-20-22)13(24)19-4-8-2-3-11-21-10(14(15,16)17)7-23(11)6-8/h5,7-8H,2-4,6,18H2,1H3,(H,19,24)/t8-/m0/s1. The molecule has 0 radical (unpaired) electrons. The van der Waals surface area contributed by atoms with E-state index in [-0.39, 0.29) is 23.2 Å². The Balaban J connectivity index is 1.61. The summed E-state index contributed by atoms with van der Waals surface area (Å²) in [5.41, 5.74) is 5.16. The number of nitrogens with two attached hydrogens (primary N) is 1. The van der Waals surface area contributed by atoms with E-state index in [9.17, 15) is 18.0 Å². The van der Waals surface area contributed by atoms with Gasteiger partial charge in [0, 0.05) is 32.8 Å². The van der Waals surface area contributed by atoms with E-state index in [0.717, 1.165) is 6.20 Å². The summed E-state index contributed by atoms with van der Waals surface area (Å²) in [6.07, 6.45) is -0.911. The van der Waals surface area contributed by atoms with E-state index in [1.165, 1.54) is 15.4 Å². The molecule has 0 saturated heterocycles. The highest BCUT2D eigenvalue weighted by molar-refractivity contribution is 5.98. The number of anilines is 1. The van der Waals surface area contributed by atoms with Gasteiger partial charge in [-0.2, -0.15) is 18.3 Å². The van der Waals surface area contributed by atoms with Crippen LogP contribution in [0.25, 0.3) is 0 Å². The average Bonchev–Trinajstić information content (AvgIpc) is 3.09. The van der Waals surface area contributed by atoms with Gasteiger partial charge in [-0.1, -0.05) is 0 Å². The van der Waals surface area contributed by atoms with E-state index in [0.29, 0.717) is 31.8 Å². The minimum atomic E-state index is -4.44. The number of hydrogen-bond donors (Lipinski definition) is 2. The Labute approximate surface area is 135 Å². The number of imidazole rings is 1. The molecular weight excluding hydrogens is 325 g/mol. The fraction of sp³-hybridized carbons (Fsp3) is 0.500. The van der Waals surface area contributed by atoms with E-state index in [4.69, 9.17) is 5.73 Å². The number of nitrogen functional groups attached to an aromatic ring is 1. The molecule has 0 aromatic carbocycles. The van der Waals surface area contributed by atoms with Crippen LogP contribution in [0.15, 0.2) is 12.4 Å². The van der Waals surface area contributed by atoms with Crippen molar-refractivity contribution in [2.24, 2.45) is 13.0 Å². The van der Waals surface area contributed by atoms with Crippen molar-refractivity contribution in [1.82, 2.24) is 24.6 Å². The van der Waals surface area contributed by atoms with Crippen LogP contribution in [0.5, 0.6) is 0 Å². The van der Waals surface area contributed by atoms with Gasteiger partial charge in [-0.25, -0.2) is 4.98 Å². The zero-order valence-corrected chi connectivity index (χ0v) is 13.0. The molecule has 24 heavy (non-hydrogen) atoms. The summed E-state index contributed by atoms with van der Waals surface area (Å²) in [6, 6.07) is 0. The fourth-order valence-corrected chi connectivity index (χ4v) is 2.77. The van der Waals surface area contributed by atoms with Gasteiger partial charge in [-0.15, -0.1) is 0 Å². The van der Waals surface area contributed by atoms with Crippen LogP contribution < -0.4 is 11.1 Å². The summed E-state index contributed by atoms with van der Waals surface area (Å²) < 4.78 is 41.0. The number of aryl methyl sites for hydroxylation is 2. The van der Waals surface area contributed by atoms with Gasteiger partial charge in [0.1, 0.15) is 17.2 Å². The predicted molar refractivity (Wildman–Crippen MR) is 79.0 cm³/mol. The molecule has 2 aromatic heterocycles. The number of halogens is 3. The SMILES string of the molecule is Cn1ncc(C(=O)NC[C@@H]2CCc3nc(C(F)(F)F)cn3C2)c1N. The number of alkyl halides is 3. The summed E-state index contributed by atoms with van der Waals surface area (Å²) in [5.74, 6) is 0.395. The maximum Gasteiger partial charge on any atom is 0.434 e. The summed E-state index contributed by atoms with van der Waals surface area (Å²) in [7, 11) is 1.63. The zero-order valence-electron chi connectivity index (χ0n) is 13.0. The number of hydrogen-bond acceptors (Lipinski definition) is 4. The van der Waals surface area contributed by atoms with E-state index in [1.54, 1.807) is 7.05 Å². The topological polar surface area (TPSA) is 90.8 Å². The summed E-state index contributed by atoms with van der Waals surface area (Å²) in [5, 5.41) is 6.66. The van der Waals surface area contributed by atoms with Crippen LogP contribution in [0.3, 0.4) is 0 Å². The van der Waals surface area contributed by atoms with Crippen LogP contribution in [0.2, 0.25) is 0 Å². The first kappa shape index (κ1) is 16.3. The molecule has 1 amide bonds. The van der Waals surface area contributed by atoms with Gasteiger partial charge >= 0.3 is 6.18 Å². The number of aromatic nitrogens is 4. The molecule has 3 rings (SSSR count). The Morgan fingerprint density at radius 3 is 2.88 bits per heavy atom. The van der Waals surface area contributed by atoms with Crippen LogP contribution in [-0.4, -0.2) is 31.8 Å². The molecule has 0 aliphatic carbocycles. The van der Waals surface area contributed by atoms with Crippen molar-refractivity contribution < 1.29 is 18.0 Å². The van der Waals surface area contributed by atoms with Crippen molar-refractivity contribution in [3.8, 4) is 0 Å². The number of nitrogens with zero attached hydrogens (tertiary/aromatic N) is 4. The molecule has 1 atom stereocenters. The molecule has 3 heterocycles. The van der Waals surface area contributed by atoms with Crippen molar-refractivity contribution in [3.05, 3.63) is 29.5 Å². The van der Waals surface area contributed by atoms with Gasteiger partial charge in [-0.3, -0.25) is 9.48 Å². The molecule has 0 unspecified atom stereocenters. The van der Waals surface area contributed by atoms with Crippen molar-refractivity contribution in [3.63, 3.8) is 0 Å². The van der Waals surface area contributed by atoms with Crippen molar-refractivity contribution in [1.29, 1.82) is 0 Å². The second-order valence-corrected chi connectivity index (χ2v) is 5.87. The smallest absolute Gasteiger partial charge is 0.383 e. The van der Waals surface area contributed by atoms with Gasteiger partial charge in [0.25, 0.3) is 5.91 Å². The molecule has 0 saturated carbocycles. The quantitative estimate of drug-likeness (QED) is 0.877. The monoisotopic (exact) mass is 342 g/mol. The number of amides is 1. The van der Waals surface area contributed by atoms with E-state index in [2.05, 4.69) is 15.4 Å². The lowest BCUT2D eigenvalue weighted by atomic mass is 9.99. The highest BCUT2D eigenvalue weighted by atomic mass is 19.4. The summed E-state index contributed by atoms with van der Waals surface area (Å²) in [6.45, 7) is 0.743. The van der Waals surface area contributed by atoms with Gasteiger partial charge in [0.15, 0.2) is 5.69 Å². The Morgan fingerprint density at radius 2 is 2.25 bits per heavy atom. The molecule has 7 nitrogen and oxygen atoms in total. The van der Waals surface area contributed by atoms with Crippen LogP contribution in [0.1, 0.15) is 28.3 Å². The molecule has 0 fully saturated rings. The van der Waals surface area contributed by atoms with E-state index < -0.39 is 11.9 Å². The van der Waals surface area contributed by atoms with Crippen molar-refractivity contribution in [2.75, 3.05) is 12.3 Å². The highest BCUT2D eigenvalue weighted by Gasteiger charge is 2.35. The third-order valence-corrected chi connectivity index (χ3v) is 4.16. The van der Waals surface area contributed by atoms with E-state index in [1.807, 2.05) is 0 Å². The molecule has 0 spiro atoms. The first-order valence-electron chi connectivity index (χ1n) is 7.44. The molecule has 10 heteroatoms. The largest absolute Gasteiger partial charge is 0.434 e. The Kier molecular flexibility index (Phi) is 3.98. The highest BCUT2D eigenvalue weighted by Crippen LogP contribution is 2.30. The minimum absolute atomic E-state index is 0.0367. The number of rotatable bonds is 3. The van der Waals surface area contributed by atoms with Crippen LogP contribution >= 0.6 is 0 Å². The van der Waals surface area contributed by atoms with Gasteiger partial charge in [-0.05, 0) is 12.3 Å². The lowest BCUT2D eigenvalue weighted by Crippen LogP contribution is -2.33. The first-order valence-corrected chi connectivity index (χ1v) is 7.44. The van der Waals surface area contributed by atoms with Gasteiger partial charge in [0.05, 0.1) is 6.20 Å². The van der Waals surface area contributed by atoms with Crippen molar-refractivity contribution >= 4 is 11.7 Å². The summed E-state index contributed by atoms with van der Waals surface area (Å²) >= 11 is 0. The number of nitrogens with one attached hydrogen (secondary N) is 1. The van der Waals surface area contributed by atoms with Crippen molar-refractivity contribution in [2.45, 2.75) is 25.6 Å².